The fraction of sp³-hybridized carbons (Fsp3) is 0. The maximum absolute atomic E-state index is 5.06. The first-order valence-corrected chi connectivity index (χ1v) is 16.5. The van der Waals surface area contributed by atoms with Crippen LogP contribution >= 0.6 is 0 Å². The van der Waals surface area contributed by atoms with Gasteiger partial charge in [0.25, 0.3) is 0 Å². The molecule has 0 spiro atoms. The van der Waals surface area contributed by atoms with Gasteiger partial charge in [0.15, 0.2) is 0 Å². The second-order valence-corrected chi connectivity index (χ2v) is 12.7. The Morgan fingerprint density at radius 2 is 1.08 bits per heavy atom. The van der Waals surface area contributed by atoms with Crippen molar-refractivity contribution >= 4 is 54.4 Å². The van der Waals surface area contributed by atoms with Crippen LogP contribution in [0.4, 0.5) is 0 Å². The molecular weight excluding hydrogens is 583 g/mol. The summed E-state index contributed by atoms with van der Waals surface area (Å²) in [5.74, 6) is 0. The van der Waals surface area contributed by atoms with E-state index in [1.54, 1.807) is 0 Å². The zero-order valence-corrected chi connectivity index (χ0v) is 25.9. The standard InChI is InChI=1S/C45H27N3/c1-2-13-31-28(11-1)12-9-17-32(31)29-22-24-30(25-23-29)47-39-19-6-4-15-34(39)37-27-38-43-35(18-10-26-46-43)33-14-3-7-20-40(33)48-41-21-8-5-16-36(41)42(44(37)47)45(38)48/h1-27H. The summed E-state index contributed by atoms with van der Waals surface area (Å²) in [6.07, 6.45) is 1.93. The van der Waals surface area contributed by atoms with Crippen molar-refractivity contribution in [3.05, 3.63) is 164 Å². The lowest BCUT2D eigenvalue weighted by Gasteiger charge is -2.13. The highest BCUT2D eigenvalue weighted by Crippen LogP contribution is 2.50. The summed E-state index contributed by atoms with van der Waals surface area (Å²) in [4.78, 5) is 5.06. The lowest BCUT2D eigenvalue weighted by molar-refractivity contribution is 1.18. The molecule has 222 valence electrons. The van der Waals surface area contributed by atoms with Gasteiger partial charge >= 0.3 is 0 Å². The third kappa shape index (κ3) is 3.35. The number of rotatable bonds is 2. The van der Waals surface area contributed by atoms with Crippen molar-refractivity contribution < 1.29 is 0 Å². The van der Waals surface area contributed by atoms with Gasteiger partial charge < -0.3 is 9.13 Å². The fourth-order valence-electron chi connectivity index (χ4n) is 8.30. The molecule has 1 aliphatic heterocycles. The van der Waals surface area contributed by atoms with Gasteiger partial charge in [-0.25, -0.2) is 0 Å². The molecule has 0 unspecified atom stereocenters. The van der Waals surface area contributed by atoms with Crippen molar-refractivity contribution in [1.29, 1.82) is 0 Å². The molecule has 0 N–H and O–H groups in total. The average Bonchev–Trinajstić information content (AvgIpc) is 3.63. The van der Waals surface area contributed by atoms with Gasteiger partial charge in [0.05, 0.1) is 33.4 Å². The molecule has 0 fully saturated rings. The molecular formula is C45H27N3. The third-order valence-electron chi connectivity index (χ3n) is 10.3. The van der Waals surface area contributed by atoms with Gasteiger partial charge in [-0.1, -0.05) is 115 Å². The van der Waals surface area contributed by atoms with Crippen molar-refractivity contribution in [1.82, 2.24) is 14.1 Å². The van der Waals surface area contributed by atoms with Crippen molar-refractivity contribution in [2.24, 2.45) is 0 Å². The molecule has 0 radical (unpaired) electrons. The van der Waals surface area contributed by atoms with Crippen LogP contribution in [0, 0.1) is 0 Å². The fourth-order valence-corrected chi connectivity index (χ4v) is 8.30. The minimum atomic E-state index is 1.02. The SMILES string of the molecule is c1ccc2c(c1)-c1cccnc1-c1cc3c4ccccc4n(-c4ccc(-c5cccc6ccccc56)cc4)c3c3c4ccccc4n-2c13. The van der Waals surface area contributed by atoms with Crippen LogP contribution in [-0.4, -0.2) is 14.1 Å². The predicted molar refractivity (Wildman–Crippen MR) is 200 cm³/mol. The Morgan fingerprint density at radius 1 is 0.417 bits per heavy atom. The maximum atomic E-state index is 5.06. The van der Waals surface area contributed by atoms with Gasteiger partial charge in [-0.05, 0) is 64.4 Å². The molecule has 4 heterocycles. The van der Waals surface area contributed by atoms with E-state index < -0.39 is 0 Å². The summed E-state index contributed by atoms with van der Waals surface area (Å²) in [6.45, 7) is 0. The molecule has 1 aliphatic rings. The molecule has 3 aromatic heterocycles. The highest BCUT2D eigenvalue weighted by atomic mass is 15.0. The molecule has 0 atom stereocenters. The number of fused-ring (bicyclic) bond motifs is 13. The van der Waals surface area contributed by atoms with E-state index in [1.807, 2.05) is 6.20 Å². The molecule has 0 bridgehead atoms. The number of para-hydroxylation sites is 3. The summed E-state index contributed by atoms with van der Waals surface area (Å²) in [5, 5.41) is 7.49. The summed E-state index contributed by atoms with van der Waals surface area (Å²) in [6, 6.07) is 57.4. The molecule has 0 aliphatic carbocycles. The quantitative estimate of drug-likeness (QED) is 0.191. The Kier molecular flexibility index (Phi) is 5.11. The molecule has 11 rings (SSSR count). The summed E-state index contributed by atoms with van der Waals surface area (Å²) in [7, 11) is 0. The van der Waals surface area contributed by atoms with E-state index in [1.165, 1.54) is 76.8 Å². The zero-order chi connectivity index (χ0) is 31.3. The minimum absolute atomic E-state index is 1.02. The van der Waals surface area contributed by atoms with Crippen LogP contribution in [-0.2, 0) is 0 Å². The third-order valence-corrected chi connectivity index (χ3v) is 10.3. The van der Waals surface area contributed by atoms with E-state index in [4.69, 9.17) is 4.98 Å². The Morgan fingerprint density at radius 3 is 1.96 bits per heavy atom. The van der Waals surface area contributed by atoms with Crippen LogP contribution in [0.3, 0.4) is 0 Å². The van der Waals surface area contributed by atoms with Gasteiger partial charge in [0.1, 0.15) is 0 Å². The molecule has 0 saturated heterocycles. The van der Waals surface area contributed by atoms with Gasteiger partial charge in [0.2, 0.25) is 0 Å². The highest BCUT2D eigenvalue weighted by Gasteiger charge is 2.28. The number of hydrogen-bond donors (Lipinski definition) is 0. The monoisotopic (exact) mass is 609 g/mol. The van der Waals surface area contributed by atoms with E-state index in [-0.39, 0.29) is 0 Å². The van der Waals surface area contributed by atoms with Crippen LogP contribution in [0.5, 0.6) is 0 Å². The van der Waals surface area contributed by atoms with Crippen LogP contribution < -0.4 is 0 Å². The van der Waals surface area contributed by atoms with Crippen LogP contribution in [0.15, 0.2) is 164 Å². The van der Waals surface area contributed by atoms with E-state index in [9.17, 15) is 0 Å². The summed E-state index contributed by atoms with van der Waals surface area (Å²) in [5.41, 5.74) is 14.1. The first-order valence-electron chi connectivity index (χ1n) is 16.5. The molecule has 0 amide bonds. The second-order valence-electron chi connectivity index (χ2n) is 12.7. The second kappa shape index (κ2) is 9.54. The summed E-state index contributed by atoms with van der Waals surface area (Å²) < 4.78 is 4.95. The zero-order valence-electron chi connectivity index (χ0n) is 25.9. The number of aromatic nitrogens is 3. The first-order chi connectivity index (χ1) is 23.8. The lowest BCUT2D eigenvalue weighted by atomic mass is 9.96. The Balaban J connectivity index is 1.29. The molecule has 3 heteroatoms. The first kappa shape index (κ1) is 25.7. The van der Waals surface area contributed by atoms with Crippen molar-refractivity contribution in [3.63, 3.8) is 0 Å². The normalized spacial score (nSPS) is 12.2. The largest absolute Gasteiger partial charge is 0.309 e. The molecule has 48 heavy (non-hydrogen) atoms. The average molecular weight is 610 g/mol. The van der Waals surface area contributed by atoms with Crippen LogP contribution in [0.1, 0.15) is 0 Å². The van der Waals surface area contributed by atoms with Crippen LogP contribution in [0.25, 0.3) is 99.3 Å². The van der Waals surface area contributed by atoms with Crippen LogP contribution in [0.2, 0.25) is 0 Å². The predicted octanol–water partition coefficient (Wildman–Crippen LogP) is 11.7. The molecule has 3 nitrogen and oxygen atoms in total. The topological polar surface area (TPSA) is 22.8 Å². The van der Waals surface area contributed by atoms with E-state index in [2.05, 4.69) is 167 Å². The smallest absolute Gasteiger partial charge is 0.0802 e. The van der Waals surface area contributed by atoms with Crippen molar-refractivity contribution in [2.75, 3.05) is 0 Å². The number of nitrogens with zero attached hydrogens (tertiary/aromatic N) is 3. The van der Waals surface area contributed by atoms with E-state index in [0.717, 1.165) is 22.5 Å². The molecule has 7 aromatic carbocycles. The number of pyridine rings is 1. The van der Waals surface area contributed by atoms with E-state index in [0.29, 0.717) is 0 Å². The maximum Gasteiger partial charge on any atom is 0.0802 e. The Hall–Kier alpha value is -6.45. The van der Waals surface area contributed by atoms with Crippen molar-refractivity contribution in [3.8, 4) is 44.9 Å². The summed E-state index contributed by atoms with van der Waals surface area (Å²) >= 11 is 0. The highest BCUT2D eigenvalue weighted by molar-refractivity contribution is 6.30. The molecule has 10 aromatic rings. The van der Waals surface area contributed by atoms with Gasteiger partial charge in [-0.2, -0.15) is 0 Å². The Labute approximate surface area is 276 Å². The van der Waals surface area contributed by atoms with E-state index >= 15 is 0 Å². The van der Waals surface area contributed by atoms with Gasteiger partial charge in [-0.3, -0.25) is 4.98 Å². The molecule has 0 saturated carbocycles. The van der Waals surface area contributed by atoms with Crippen molar-refractivity contribution in [2.45, 2.75) is 0 Å². The van der Waals surface area contributed by atoms with Gasteiger partial charge in [0, 0.05) is 50.1 Å². The lowest BCUT2D eigenvalue weighted by Crippen LogP contribution is -1.96. The Bertz CT molecular complexity index is 2940. The number of hydrogen-bond acceptors (Lipinski definition) is 1. The van der Waals surface area contributed by atoms with Gasteiger partial charge in [-0.15, -0.1) is 0 Å². The minimum Gasteiger partial charge on any atom is -0.309 e. The number of benzene rings is 7.